The van der Waals surface area contributed by atoms with E-state index in [4.69, 9.17) is 22.1 Å². The summed E-state index contributed by atoms with van der Waals surface area (Å²) in [5, 5.41) is 0.370. The number of benzene rings is 2. The highest BCUT2D eigenvalue weighted by Gasteiger charge is 2.05. The normalized spacial score (nSPS) is 12.2. The molecule has 2 rings (SSSR count). The third kappa shape index (κ3) is 3.71. The van der Waals surface area contributed by atoms with Crippen LogP contribution >= 0.6 is 11.6 Å². The molecule has 4 heteroatoms. The molecule has 0 saturated heterocycles. The summed E-state index contributed by atoms with van der Waals surface area (Å²) in [6, 6.07) is 12.0. The molecule has 0 heterocycles. The Bertz CT molecular complexity index is 571. The largest absolute Gasteiger partial charge is 0.489 e. The molecule has 2 nitrogen and oxygen atoms in total. The van der Waals surface area contributed by atoms with Gasteiger partial charge in [0, 0.05) is 11.6 Å². The number of nitrogens with two attached hydrogens (primary N) is 1. The van der Waals surface area contributed by atoms with Gasteiger partial charge < -0.3 is 10.5 Å². The van der Waals surface area contributed by atoms with Crippen molar-refractivity contribution in [1.29, 1.82) is 0 Å². The molecule has 0 aliphatic heterocycles. The smallest absolute Gasteiger partial charge is 0.124 e. The van der Waals surface area contributed by atoms with Gasteiger partial charge in [0.15, 0.2) is 0 Å². The number of ether oxygens (including phenoxy) is 1. The fourth-order valence-electron chi connectivity index (χ4n) is 1.85. The summed E-state index contributed by atoms with van der Waals surface area (Å²) in [4.78, 5) is 0. The Hall–Kier alpha value is -1.58. The van der Waals surface area contributed by atoms with Crippen molar-refractivity contribution >= 4 is 11.6 Å². The Balaban J connectivity index is 2.00. The average Bonchev–Trinajstić information content (AvgIpc) is 2.46. The molecule has 20 heavy (non-hydrogen) atoms. The van der Waals surface area contributed by atoms with Crippen molar-refractivity contribution in [2.45, 2.75) is 26.0 Å². The van der Waals surface area contributed by atoms with E-state index in [0.717, 1.165) is 23.3 Å². The van der Waals surface area contributed by atoms with Gasteiger partial charge in [-0.25, -0.2) is 4.39 Å². The Labute approximate surface area is 123 Å². The SMILES string of the molecule is CCC(N)c1ccc(OCc2ccc(F)cc2Cl)cc1. The van der Waals surface area contributed by atoms with Gasteiger partial charge in [0.2, 0.25) is 0 Å². The molecule has 0 aliphatic carbocycles. The summed E-state index contributed by atoms with van der Waals surface area (Å²) < 4.78 is 18.6. The summed E-state index contributed by atoms with van der Waals surface area (Å²) in [6.45, 7) is 2.35. The van der Waals surface area contributed by atoms with Gasteiger partial charge in [0.25, 0.3) is 0 Å². The highest BCUT2D eigenvalue weighted by Crippen LogP contribution is 2.22. The molecular formula is C16H17ClFNO. The van der Waals surface area contributed by atoms with Crippen molar-refractivity contribution in [3.8, 4) is 5.75 Å². The summed E-state index contributed by atoms with van der Waals surface area (Å²) in [5.41, 5.74) is 7.78. The van der Waals surface area contributed by atoms with Crippen LogP contribution in [0.1, 0.15) is 30.5 Å². The summed E-state index contributed by atoms with van der Waals surface area (Å²) in [5.74, 6) is 0.383. The van der Waals surface area contributed by atoms with Crippen molar-refractivity contribution in [3.05, 3.63) is 64.4 Å². The van der Waals surface area contributed by atoms with Gasteiger partial charge in [-0.3, -0.25) is 0 Å². The molecule has 106 valence electrons. The van der Waals surface area contributed by atoms with Crippen molar-refractivity contribution in [3.63, 3.8) is 0 Å². The Morgan fingerprint density at radius 1 is 1.20 bits per heavy atom. The van der Waals surface area contributed by atoms with E-state index in [1.807, 2.05) is 31.2 Å². The minimum absolute atomic E-state index is 0.0515. The lowest BCUT2D eigenvalue weighted by molar-refractivity contribution is 0.306. The van der Waals surface area contributed by atoms with E-state index in [2.05, 4.69) is 0 Å². The molecule has 0 spiro atoms. The molecule has 2 aromatic rings. The molecule has 0 radical (unpaired) electrons. The number of hydrogen-bond acceptors (Lipinski definition) is 2. The van der Waals surface area contributed by atoms with E-state index >= 15 is 0 Å². The Morgan fingerprint density at radius 2 is 1.90 bits per heavy atom. The van der Waals surface area contributed by atoms with Crippen LogP contribution in [0.2, 0.25) is 5.02 Å². The van der Waals surface area contributed by atoms with Gasteiger partial charge in [-0.1, -0.05) is 36.7 Å². The van der Waals surface area contributed by atoms with Crippen LogP contribution in [0.15, 0.2) is 42.5 Å². The second-order valence-electron chi connectivity index (χ2n) is 4.61. The van der Waals surface area contributed by atoms with Crippen molar-refractivity contribution < 1.29 is 9.13 Å². The molecule has 1 atom stereocenters. The first-order valence-electron chi connectivity index (χ1n) is 6.52. The molecule has 0 fully saturated rings. The monoisotopic (exact) mass is 293 g/mol. The lowest BCUT2D eigenvalue weighted by atomic mass is 10.1. The van der Waals surface area contributed by atoms with E-state index in [1.165, 1.54) is 12.1 Å². The fourth-order valence-corrected chi connectivity index (χ4v) is 2.07. The molecule has 2 N–H and O–H groups in total. The zero-order chi connectivity index (χ0) is 14.5. The second-order valence-corrected chi connectivity index (χ2v) is 5.02. The molecule has 1 unspecified atom stereocenters. The summed E-state index contributed by atoms with van der Waals surface area (Å²) in [7, 11) is 0. The third-order valence-corrected chi connectivity index (χ3v) is 3.51. The van der Waals surface area contributed by atoms with Crippen LogP contribution in [0.5, 0.6) is 5.75 Å². The molecule has 0 aromatic heterocycles. The standard InChI is InChI=1S/C16H17ClFNO/c1-2-16(19)11-4-7-14(8-5-11)20-10-12-3-6-13(18)9-15(12)17/h3-9,16H,2,10,19H2,1H3. The van der Waals surface area contributed by atoms with Crippen LogP contribution in [-0.4, -0.2) is 0 Å². The van der Waals surface area contributed by atoms with Crippen LogP contribution in [-0.2, 0) is 6.61 Å². The van der Waals surface area contributed by atoms with Gasteiger partial charge in [0.05, 0.1) is 5.02 Å². The van der Waals surface area contributed by atoms with Gasteiger partial charge in [-0.15, -0.1) is 0 Å². The number of rotatable bonds is 5. The van der Waals surface area contributed by atoms with Gasteiger partial charge in [0.1, 0.15) is 18.2 Å². The van der Waals surface area contributed by atoms with Gasteiger partial charge >= 0.3 is 0 Å². The number of halogens is 2. The minimum Gasteiger partial charge on any atom is -0.489 e. The van der Waals surface area contributed by atoms with Crippen LogP contribution in [0.3, 0.4) is 0 Å². The Kier molecular flexibility index (Phi) is 4.99. The predicted octanol–water partition coefficient (Wildman–Crippen LogP) is 4.47. The zero-order valence-electron chi connectivity index (χ0n) is 11.3. The highest BCUT2D eigenvalue weighted by molar-refractivity contribution is 6.31. The topological polar surface area (TPSA) is 35.2 Å². The maximum atomic E-state index is 12.9. The van der Waals surface area contributed by atoms with E-state index in [1.54, 1.807) is 6.07 Å². The zero-order valence-corrected chi connectivity index (χ0v) is 12.0. The first kappa shape index (κ1) is 14.8. The van der Waals surface area contributed by atoms with Crippen molar-refractivity contribution in [2.24, 2.45) is 5.73 Å². The Morgan fingerprint density at radius 3 is 2.50 bits per heavy atom. The van der Waals surface area contributed by atoms with Crippen LogP contribution < -0.4 is 10.5 Å². The molecular weight excluding hydrogens is 277 g/mol. The van der Waals surface area contributed by atoms with E-state index < -0.39 is 0 Å². The fraction of sp³-hybridized carbons (Fsp3) is 0.250. The van der Waals surface area contributed by atoms with Gasteiger partial charge in [-0.05, 0) is 36.2 Å². The second kappa shape index (κ2) is 6.73. The lowest BCUT2D eigenvalue weighted by Gasteiger charge is -2.11. The lowest BCUT2D eigenvalue weighted by Crippen LogP contribution is -2.08. The van der Waals surface area contributed by atoms with Gasteiger partial charge in [-0.2, -0.15) is 0 Å². The average molecular weight is 294 g/mol. The third-order valence-electron chi connectivity index (χ3n) is 3.16. The van der Waals surface area contributed by atoms with E-state index in [-0.39, 0.29) is 11.9 Å². The first-order valence-corrected chi connectivity index (χ1v) is 6.90. The van der Waals surface area contributed by atoms with Crippen LogP contribution in [0.25, 0.3) is 0 Å². The van der Waals surface area contributed by atoms with E-state index in [9.17, 15) is 4.39 Å². The predicted molar refractivity (Wildman–Crippen MR) is 79.4 cm³/mol. The van der Waals surface area contributed by atoms with Crippen LogP contribution in [0.4, 0.5) is 4.39 Å². The molecule has 0 bridgehead atoms. The molecule has 0 amide bonds. The van der Waals surface area contributed by atoms with E-state index in [0.29, 0.717) is 11.6 Å². The quantitative estimate of drug-likeness (QED) is 0.883. The van der Waals surface area contributed by atoms with Crippen molar-refractivity contribution in [1.82, 2.24) is 0 Å². The number of hydrogen-bond donors (Lipinski definition) is 1. The highest BCUT2D eigenvalue weighted by atomic mass is 35.5. The molecule has 2 aromatic carbocycles. The molecule has 0 saturated carbocycles. The summed E-state index contributed by atoms with van der Waals surface area (Å²) in [6.07, 6.45) is 0.894. The summed E-state index contributed by atoms with van der Waals surface area (Å²) >= 11 is 5.94. The minimum atomic E-state index is -0.350. The first-order chi connectivity index (χ1) is 9.60. The van der Waals surface area contributed by atoms with Crippen molar-refractivity contribution in [2.75, 3.05) is 0 Å². The van der Waals surface area contributed by atoms with Crippen LogP contribution in [0, 0.1) is 5.82 Å². The maximum absolute atomic E-state index is 12.9. The molecule has 0 aliphatic rings. The maximum Gasteiger partial charge on any atom is 0.124 e.